The number of amides is 2. The van der Waals surface area contributed by atoms with Crippen LogP contribution in [0.2, 0.25) is 0 Å². The van der Waals surface area contributed by atoms with Crippen LogP contribution in [-0.4, -0.2) is 38.1 Å². The smallest absolute Gasteiger partial charge is 0.336 e. The number of benzene rings is 2. The van der Waals surface area contributed by atoms with E-state index in [0.29, 0.717) is 22.8 Å². The Hall–Kier alpha value is -3.81. The molecular weight excluding hydrogens is 388 g/mol. The molecule has 0 saturated heterocycles. The fraction of sp³-hybridized carbons (Fsp3) is 0.227. The summed E-state index contributed by atoms with van der Waals surface area (Å²) in [7, 11) is 1.52. The van der Waals surface area contributed by atoms with E-state index in [0.717, 1.165) is 10.9 Å². The van der Waals surface area contributed by atoms with Crippen molar-refractivity contribution in [1.82, 2.24) is 5.32 Å². The Bertz CT molecular complexity index is 1190. The monoisotopic (exact) mass is 408 g/mol. The average Bonchev–Trinajstić information content (AvgIpc) is 2.75. The highest BCUT2D eigenvalue weighted by molar-refractivity contribution is 5.98. The number of hydrogen-bond donors (Lipinski definition) is 1. The number of hydrogen-bond acceptors (Lipinski definition) is 6. The molecule has 2 heterocycles. The minimum Gasteiger partial charge on any atom is -0.484 e. The molecule has 0 saturated carbocycles. The largest absolute Gasteiger partial charge is 0.484 e. The van der Waals surface area contributed by atoms with Crippen LogP contribution in [-0.2, 0) is 9.59 Å². The standard InChI is InChI=1S/C22H20N2O6/c1-13-9-21(26)30-18-10-14(7-8-15(13)18)28-12-20(25)24-11-19(22(27)23-2)29-17-6-4-3-5-16(17)24/h3-10,19H,11-12H2,1-2H3,(H,23,27). The van der Waals surface area contributed by atoms with Crippen molar-refractivity contribution in [2.24, 2.45) is 0 Å². The summed E-state index contributed by atoms with van der Waals surface area (Å²) in [5.41, 5.74) is 1.32. The second-order valence-corrected chi connectivity index (χ2v) is 6.89. The fourth-order valence-electron chi connectivity index (χ4n) is 3.39. The van der Waals surface area contributed by atoms with Crippen molar-refractivity contribution in [3.63, 3.8) is 0 Å². The molecular formula is C22H20N2O6. The maximum atomic E-state index is 12.9. The molecule has 2 amide bonds. The summed E-state index contributed by atoms with van der Waals surface area (Å²) in [5.74, 6) is 0.205. The zero-order valence-electron chi connectivity index (χ0n) is 16.5. The third-order valence-corrected chi connectivity index (χ3v) is 4.90. The van der Waals surface area contributed by atoms with Gasteiger partial charge in [-0.2, -0.15) is 0 Å². The number of fused-ring (bicyclic) bond motifs is 2. The Balaban J connectivity index is 1.54. The van der Waals surface area contributed by atoms with E-state index >= 15 is 0 Å². The number of carbonyl (C=O) groups excluding carboxylic acids is 2. The highest BCUT2D eigenvalue weighted by atomic mass is 16.5. The van der Waals surface area contributed by atoms with Crippen LogP contribution >= 0.6 is 0 Å². The number of nitrogens with zero attached hydrogens (tertiary/aromatic N) is 1. The Kier molecular flexibility index (Phi) is 5.14. The molecule has 0 fully saturated rings. The SMILES string of the molecule is CNC(=O)C1CN(C(=O)COc2ccc3c(C)cc(=O)oc3c2)c2ccccc2O1. The summed E-state index contributed by atoms with van der Waals surface area (Å²) < 4.78 is 16.6. The van der Waals surface area contributed by atoms with E-state index in [1.54, 1.807) is 42.5 Å². The minimum absolute atomic E-state index is 0.0741. The summed E-state index contributed by atoms with van der Waals surface area (Å²) in [6.45, 7) is 1.64. The van der Waals surface area contributed by atoms with Crippen LogP contribution in [0.25, 0.3) is 11.0 Å². The van der Waals surface area contributed by atoms with Crippen LogP contribution in [0.3, 0.4) is 0 Å². The molecule has 1 N–H and O–H groups in total. The van der Waals surface area contributed by atoms with E-state index in [4.69, 9.17) is 13.9 Å². The first-order chi connectivity index (χ1) is 14.5. The number of rotatable bonds is 4. The first-order valence-electron chi connectivity index (χ1n) is 9.41. The molecule has 1 unspecified atom stereocenters. The Morgan fingerprint density at radius 3 is 2.80 bits per heavy atom. The van der Waals surface area contributed by atoms with E-state index in [-0.39, 0.29) is 25.0 Å². The second kappa shape index (κ2) is 7.90. The van der Waals surface area contributed by atoms with Crippen molar-refractivity contribution in [1.29, 1.82) is 0 Å². The van der Waals surface area contributed by atoms with Gasteiger partial charge in [-0.05, 0) is 36.8 Å². The summed E-state index contributed by atoms with van der Waals surface area (Å²) in [6, 6.07) is 13.5. The lowest BCUT2D eigenvalue weighted by molar-refractivity contribution is -0.128. The highest BCUT2D eigenvalue weighted by Gasteiger charge is 2.33. The normalized spacial score (nSPS) is 15.3. The second-order valence-electron chi connectivity index (χ2n) is 6.89. The van der Waals surface area contributed by atoms with Crippen LogP contribution in [0.1, 0.15) is 5.56 Å². The molecule has 4 rings (SSSR count). The highest BCUT2D eigenvalue weighted by Crippen LogP contribution is 2.33. The van der Waals surface area contributed by atoms with Crippen LogP contribution < -0.4 is 25.3 Å². The van der Waals surface area contributed by atoms with Gasteiger partial charge in [0.15, 0.2) is 12.7 Å². The summed E-state index contributed by atoms with van der Waals surface area (Å²) in [6.07, 6.45) is -0.813. The van der Waals surface area contributed by atoms with Gasteiger partial charge in [0.1, 0.15) is 17.1 Å². The Labute approximate surface area is 172 Å². The Morgan fingerprint density at radius 1 is 1.20 bits per heavy atom. The van der Waals surface area contributed by atoms with Crippen LogP contribution in [0.4, 0.5) is 5.69 Å². The van der Waals surface area contributed by atoms with Crippen LogP contribution in [0.5, 0.6) is 11.5 Å². The van der Waals surface area contributed by atoms with Gasteiger partial charge < -0.3 is 24.1 Å². The molecule has 30 heavy (non-hydrogen) atoms. The number of nitrogens with one attached hydrogen (secondary N) is 1. The zero-order valence-corrected chi connectivity index (χ0v) is 16.5. The molecule has 3 aromatic rings. The van der Waals surface area contributed by atoms with Gasteiger partial charge in [0, 0.05) is 24.6 Å². The third kappa shape index (κ3) is 3.71. The van der Waals surface area contributed by atoms with Gasteiger partial charge in [-0.3, -0.25) is 9.59 Å². The molecule has 0 aliphatic carbocycles. The van der Waals surface area contributed by atoms with Crippen molar-refractivity contribution in [2.75, 3.05) is 25.1 Å². The van der Waals surface area contributed by atoms with Gasteiger partial charge in [-0.25, -0.2) is 4.79 Å². The van der Waals surface area contributed by atoms with Crippen molar-refractivity contribution in [3.05, 3.63) is 64.5 Å². The van der Waals surface area contributed by atoms with E-state index in [2.05, 4.69) is 5.32 Å². The van der Waals surface area contributed by atoms with Gasteiger partial charge in [0.05, 0.1) is 12.2 Å². The van der Waals surface area contributed by atoms with E-state index < -0.39 is 11.7 Å². The average molecular weight is 408 g/mol. The molecule has 1 aliphatic rings. The maximum Gasteiger partial charge on any atom is 0.336 e. The molecule has 0 bridgehead atoms. The predicted octanol–water partition coefficient (Wildman–Crippen LogP) is 2.02. The summed E-state index contributed by atoms with van der Waals surface area (Å²) >= 11 is 0. The molecule has 0 spiro atoms. The molecule has 1 aromatic heterocycles. The summed E-state index contributed by atoms with van der Waals surface area (Å²) in [5, 5.41) is 3.33. The predicted molar refractivity (Wildman–Crippen MR) is 110 cm³/mol. The third-order valence-electron chi connectivity index (χ3n) is 4.90. The Morgan fingerprint density at radius 2 is 2.00 bits per heavy atom. The van der Waals surface area contributed by atoms with Crippen LogP contribution in [0, 0.1) is 6.92 Å². The van der Waals surface area contributed by atoms with E-state index in [1.807, 2.05) is 6.92 Å². The topological polar surface area (TPSA) is 98.1 Å². The van der Waals surface area contributed by atoms with Crippen molar-refractivity contribution < 1.29 is 23.5 Å². The molecule has 8 nitrogen and oxygen atoms in total. The van der Waals surface area contributed by atoms with Gasteiger partial charge in [-0.15, -0.1) is 0 Å². The fourth-order valence-corrected chi connectivity index (χ4v) is 3.39. The zero-order chi connectivity index (χ0) is 21.3. The number of likely N-dealkylation sites (N-methyl/N-ethyl adjacent to an activating group) is 1. The first kappa shape index (κ1) is 19.5. The molecule has 1 aliphatic heterocycles. The minimum atomic E-state index is -0.813. The van der Waals surface area contributed by atoms with Crippen molar-refractivity contribution in [2.45, 2.75) is 13.0 Å². The van der Waals surface area contributed by atoms with Gasteiger partial charge in [0.2, 0.25) is 0 Å². The summed E-state index contributed by atoms with van der Waals surface area (Å²) in [4.78, 5) is 38.0. The molecule has 8 heteroatoms. The lowest BCUT2D eigenvalue weighted by atomic mass is 10.1. The number of ether oxygens (including phenoxy) is 2. The molecule has 2 aromatic carbocycles. The number of aryl methyl sites for hydroxylation is 1. The van der Waals surface area contributed by atoms with E-state index in [1.165, 1.54) is 18.0 Å². The van der Waals surface area contributed by atoms with Crippen molar-refractivity contribution >= 4 is 28.5 Å². The number of para-hydroxylation sites is 2. The van der Waals surface area contributed by atoms with Crippen LogP contribution in [0.15, 0.2) is 57.7 Å². The molecule has 0 radical (unpaired) electrons. The lowest BCUT2D eigenvalue weighted by Crippen LogP contribution is -2.51. The quantitative estimate of drug-likeness (QED) is 0.664. The molecule has 1 atom stereocenters. The lowest BCUT2D eigenvalue weighted by Gasteiger charge is -2.33. The molecule has 154 valence electrons. The van der Waals surface area contributed by atoms with Gasteiger partial charge in [-0.1, -0.05) is 12.1 Å². The van der Waals surface area contributed by atoms with Gasteiger partial charge in [0.25, 0.3) is 11.8 Å². The van der Waals surface area contributed by atoms with E-state index in [9.17, 15) is 14.4 Å². The first-order valence-corrected chi connectivity index (χ1v) is 9.41. The maximum absolute atomic E-state index is 12.9. The number of carbonyl (C=O) groups is 2. The van der Waals surface area contributed by atoms with Gasteiger partial charge >= 0.3 is 5.63 Å². The van der Waals surface area contributed by atoms with Crippen molar-refractivity contribution in [3.8, 4) is 11.5 Å². The number of anilines is 1.